The molecule has 0 aliphatic carbocycles. The van der Waals surface area contributed by atoms with Crippen molar-refractivity contribution in [3.8, 4) is 0 Å². The monoisotopic (exact) mass is 372 g/mol. The molecule has 1 fully saturated rings. The molecule has 3 nitrogen and oxygen atoms in total. The molecule has 0 saturated carbocycles. The second kappa shape index (κ2) is 9.12. The number of rotatable bonds is 9. The van der Waals surface area contributed by atoms with E-state index in [0.717, 1.165) is 19.8 Å². The van der Waals surface area contributed by atoms with Gasteiger partial charge in [0, 0.05) is 43.1 Å². The Morgan fingerprint density at radius 3 is 2.88 bits per heavy atom. The van der Waals surface area contributed by atoms with Crippen LogP contribution >= 0.6 is 11.3 Å². The molecule has 0 spiro atoms. The summed E-state index contributed by atoms with van der Waals surface area (Å²) in [5.41, 5.74) is 4.34. The van der Waals surface area contributed by atoms with Gasteiger partial charge in [0.15, 0.2) is 0 Å². The highest BCUT2D eigenvalue weighted by atomic mass is 32.1. The van der Waals surface area contributed by atoms with E-state index in [4.69, 9.17) is 4.74 Å². The first kappa shape index (κ1) is 19.5. The van der Waals surface area contributed by atoms with Crippen LogP contribution in [0.15, 0.2) is 29.8 Å². The Kier molecular flexibility index (Phi) is 6.85. The molecule has 2 aromatic rings. The first-order valence-corrected chi connectivity index (χ1v) is 10.7. The van der Waals surface area contributed by atoms with E-state index >= 15 is 0 Å². The second-order valence-corrected chi connectivity index (χ2v) is 8.71. The lowest BCUT2D eigenvalue weighted by Crippen LogP contribution is -2.29. The van der Waals surface area contributed by atoms with E-state index in [1.54, 1.807) is 0 Å². The Hall–Kier alpha value is -1.23. The summed E-state index contributed by atoms with van der Waals surface area (Å²) >= 11 is 1.89. The molecule has 2 aromatic heterocycles. The van der Waals surface area contributed by atoms with Crippen LogP contribution in [0.2, 0.25) is 0 Å². The number of aryl methyl sites for hydroxylation is 3. The van der Waals surface area contributed by atoms with Crippen LogP contribution in [0.3, 0.4) is 0 Å². The van der Waals surface area contributed by atoms with Crippen molar-refractivity contribution in [2.24, 2.45) is 5.41 Å². The maximum Gasteiger partial charge on any atom is 0.0471 e. The van der Waals surface area contributed by atoms with Crippen LogP contribution in [0.25, 0.3) is 0 Å². The van der Waals surface area contributed by atoms with E-state index in [1.165, 1.54) is 60.5 Å². The van der Waals surface area contributed by atoms with Gasteiger partial charge in [-0.3, -0.25) is 9.88 Å². The predicted octanol–water partition coefficient (Wildman–Crippen LogP) is 5.01. The number of hydrogen-bond donors (Lipinski definition) is 0. The van der Waals surface area contributed by atoms with Crippen molar-refractivity contribution < 1.29 is 4.74 Å². The van der Waals surface area contributed by atoms with E-state index < -0.39 is 0 Å². The van der Waals surface area contributed by atoms with Gasteiger partial charge in [-0.25, -0.2) is 0 Å². The lowest BCUT2D eigenvalue weighted by atomic mass is 9.79. The first-order valence-electron chi connectivity index (χ1n) is 9.85. The number of nitrogens with zero attached hydrogens (tertiary/aromatic N) is 2. The van der Waals surface area contributed by atoms with Crippen molar-refractivity contribution in [3.05, 3.63) is 51.5 Å². The molecule has 1 atom stereocenters. The van der Waals surface area contributed by atoms with Gasteiger partial charge in [-0.15, -0.1) is 11.3 Å². The van der Waals surface area contributed by atoms with Crippen LogP contribution in [-0.4, -0.2) is 36.2 Å². The zero-order chi connectivity index (χ0) is 18.4. The fraction of sp³-hybridized carbons (Fsp3) is 0.591. The molecule has 0 bridgehead atoms. The third-order valence-corrected chi connectivity index (χ3v) is 6.80. The molecule has 0 aromatic carbocycles. The van der Waals surface area contributed by atoms with Crippen molar-refractivity contribution in [2.45, 2.75) is 53.0 Å². The minimum absolute atomic E-state index is 0.392. The van der Waals surface area contributed by atoms with Crippen molar-refractivity contribution in [3.63, 3.8) is 0 Å². The third-order valence-electron chi connectivity index (χ3n) is 5.87. The number of pyridine rings is 1. The molecular formula is C22H32N2OS. The van der Waals surface area contributed by atoms with Crippen molar-refractivity contribution in [1.29, 1.82) is 0 Å². The Balaban J connectivity index is 1.65. The van der Waals surface area contributed by atoms with Gasteiger partial charge in [-0.2, -0.15) is 0 Å². The van der Waals surface area contributed by atoms with Crippen LogP contribution in [0.5, 0.6) is 0 Å². The molecule has 4 heteroatoms. The van der Waals surface area contributed by atoms with Gasteiger partial charge in [0.05, 0.1) is 0 Å². The Morgan fingerprint density at radius 2 is 2.15 bits per heavy atom. The van der Waals surface area contributed by atoms with E-state index in [9.17, 15) is 0 Å². The summed E-state index contributed by atoms with van der Waals surface area (Å²) in [5.74, 6) is 0. The number of ether oxygens (including phenoxy) is 1. The normalized spacial score (nSPS) is 20.7. The summed E-state index contributed by atoms with van der Waals surface area (Å²) in [4.78, 5) is 8.65. The first-order chi connectivity index (χ1) is 12.6. The summed E-state index contributed by atoms with van der Waals surface area (Å²) in [5, 5.41) is 2.19. The highest BCUT2D eigenvalue weighted by Crippen LogP contribution is 2.39. The topological polar surface area (TPSA) is 25.4 Å². The standard InChI is InChI=1S/C22H32N2OS/c1-4-25-14-11-22(9-7-20-6-5-15-26-20)10-13-24(17-22)16-21-18(2)8-12-23-19(21)3/h5-6,8,12,15H,4,7,9-11,13-14,16-17H2,1-3H3/t22-/m0/s1. The summed E-state index contributed by atoms with van der Waals surface area (Å²) in [6, 6.07) is 6.58. The third kappa shape index (κ3) is 4.93. The maximum atomic E-state index is 5.72. The molecule has 0 radical (unpaired) electrons. The van der Waals surface area contributed by atoms with Gasteiger partial charge in [0.2, 0.25) is 0 Å². The van der Waals surface area contributed by atoms with Crippen LogP contribution in [0, 0.1) is 19.3 Å². The number of thiophene rings is 1. The molecule has 0 N–H and O–H groups in total. The number of likely N-dealkylation sites (tertiary alicyclic amines) is 1. The quantitative estimate of drug-likeness (QED) is 0.579. The van der Waals surface area contributed by atoms with Gasteiger partial charge in [0.25, 0.3) is 0 Å². The van der Waals surface area contributed by atoms with E-state index in [-0.39, 0.29) is 0 Å². The summed E-state index contributed by atoms with van der Waals surface area (Å²) < 4.78 is 5.72. The minimum Gasteiger partial charge on any atom is -0.382 e. The molecule has 0 amide bonds. The molecule has 1 saturated heterocycles. The lowest BCUT2D eigenvalue weighted by Gasteiger charge is -2.30. The lowest BCUT2D eigenvalue weighted by molar-refractivity contribution is 0.0989. The van der Waals surface area contributed by atoms with Gasteiger partial charge in [-0.1, -0.05) is 6.07 Å². The fourth-order valence-electron chi connectivity index (χ4n) is 4.16. The van der Waals surface area contributed by atoms with Gasteiger partial charge in [0.1, 0.15) is 0 Å². The second-order valence-electron chi connectivity index (χ2n) is 7.68. The summed E-state index contributed by atoms with van der Waals surface area (Å²) in [6.45, 7) is 11.5. The molecular weight excluding hydrogens is 340 g/mol. The SMILES string of the molecule is CCOCC[C@]1(CCc2cccs2)CCN(Cc2c(C)ccnc2C)C1. The highest BCUT2D eigenvalue weighted by Gasteiger charge is 2.37. The van der Waals surface area contributed by atoms with Crippen LogP contribution in [0.1, 0.15) is 47.9 Å². The largest absolute Gasteiger partial charge is 0.382 e. The average Bonchev–Trinajstić information content (AvgIpc) is 3.27. The Bertz CT molecular complexity index is 665. The summed E-state index contributed by atoms with van der Waals surface area (Å²) in [6.07, 6.45) is 6.84. The Morgan fingerprint density at radius 1 is 1.27 bits per heavy atom. The van der Waals surface area contributed by atoms with E-state index in [2.05, 4.69) is 54.2 Å². The zero-order valence-electron chi connectivity index (χ0n) is 16.5. The molecule has 1 aliphatic heterocycles. The van der Waals surface area contributed by atoms with Gasteiger partial charge < -0.3 is 4.74 Å². The molecule has 142 valence electrons. The fourth-order valence-corrected chi connectivity index (χ4v) is 4.87. The van der Waals surface area contributed by atoms with Crippen molar-refractivity contribution in [2.75, 3.05) is 26.3 Å². The molecule has 0 unspecified atom stereocenters. The van der Waals surface area contributed by atoms with Crippen molar-refractivity contribution >= 4 is 11.3 Å². The zero-order valence-corrected chi connectivity index (χ0v) is 17.3. The molecule has 3 rings (SSSR count). The van der Waals surface area contributed by atoms with Crippen LogP contribution < -0.4 is 0 Å². The van der Waals surface area contributed by atoms with Crippen molar-refractivity contribution in [1.82, 2.24) is 9.88 Å². The van der Waals surface area contributed by atoms with E-state index in [1.807, 2.05) is 17.5 Å². The smallest absolute Gasteiger partial charge is 0.0471 e. The molecule has 26 heavy (non-hydrogen) atoms. The minimum atomic E-state index is 0.392. The highest BCUT2D eigenvalue weighted by molar-refractivity contribution is 7.09. The van der Waals surface area contributed by atoms with Crippen LogP contribution in [-0.2, 0) is 17.7 Å². The summed E-state index contributed by atoms with van der Waals surface area (Å²) in [7, 11) is 0. The van der Waals surface area contributed by atoms with Crippen LogP contribution in [0.4, 0.5) is 0 Å². The van der Waals surface area contributed by atoms with E-state index in [0.29, 0.717) is 5.41 Å². The van der Waals surface area contributed by atoms with Gasteiger partial charge in [-0.05, 0) is 87.1 Å². The average molecular weight is 373 g/mol. The molecule has 3 heterocycles. The van der Waals surface area contributed by atoms with Gasteiger partial charge >= 0.3 is 0 Å². The predicted molar refractivity (Wildman–Crippen MR) is 110 cm³/mol. The number of hydrogen-bond acceptors (Lipinski definition) is 4. The molecule has 1 aliphatic rings. The maximum absolute atomic E-state index is 5.72. The Labute approximate surface area is 162 Å². The number of aromatic nitrogens is 1.